The van der Waals surface area contributed by atoms with Crippen LogP contribution in [0.1, 0.15) is 25.8 Å². The fraction of sp³-hybridized carbons (Fsp3) is 0.350. The van der Waals surface area contributed by atoms with Crippen LogP contribution in [0.2, 0.25) is 5.02 Å². The summed E-state index contributed by atoms with van der Waals surface area (Å²) in [6, 6.07) is 13.5. The molecule has 0 aromatic heterocycles. The third-order valence-corrected chi connectivity index (χ3v) is 4.54. The number of hydrogen-bond donors (Lipinski definition) is 2. The van der Waals surface area contributed by atoms with Crippen LogP contribution in [0, 0.1) is 0 Å². The summed E-state index contributed by atoms with van der Waals surface area (Å²) < 4.78 is 11.3. The van der Waals surface area contributed by atoms with Crippen molar-refractivity contribution in [1.82, 2.24) is 0 Å². The Kier molecular flexibility index (Phi) is 7.61. The molecule has 0 atom stereocenters. The number of nitrogens with one attached hydrogen (secondary N) is 1. The molecule has 7 heteroatoms. The number of fused-ring (bicyclic) bond motifs is 1. The molecule has 0 spiro atoms. The largest absolute Gasteiger partial charge is 0.490 e. The van der Waals surface area contributed by atoms with Crippen molar-refractivity contribution in [1.29, 1.82) is 0 Å². The number of hydrogen-bond acceptors (Lipinski definition) is 3. The molecule has 0 radical (unpaired) electrons. The van der Waals surface area contributed by atoms with Gasteiger partial charge in [0.25, 0.3) is 0 Å². The lowest BCUT2D eigenvalue weighted by Crippen LogP contribution is -2.27. The summed E-state index contributed by atoms with van der Waals surface area (Å²) in [6.07, 6.45) is 0.876. The molecule has 1 heterocycles. The number of benzene rings is 2. The molecule has 5 nitrogen and oxygen atoms in total. The van der Waals surface area contributed by atoms with Crippen LogP contribution >= 0.6 is 35.6 Å². The number of aliphatic imine (C=N–C) groups is 1. The smallest absolute Gasteiger partial charge is 0.193 e. The second kappa shape index (κ2) is 9.50. The lowest BCUT2D eigenvalue weighted by atomic mass is 9.85. The minimum absolute atomic E-state index is 0. The van der Waals surface area contributed by atoms with E-state index in [1.807, 2.05) is 42.5 Å². The number of halogens is 2. The summed E-state index contributed by atoms with van der Waals surface area (Å²) in [5.74, 6) is 1.84. The van der Waals surface area contributed by atoms with Crippen molar-refractivity contribution < 1.29 is 9.47 Å². The minimum Gasteiger partial charge on any atom is -0.490 e. The predicted molar refractivity (Wildman–Crippen MR) is 122 cm³/mol. The van der Waals surface area contributed by atoms with Crippen molar-refractivity contribution in [3.8, 4) is 11.5 Å². The summed E-state index contributed by atoms with van der Waals surface area (Å²) >= 11 is 5.96. The number of guanidine groups is 1. The Morgan fingerprint density at radius 2 is 1.78 bits per heavy atom. The molecule has 0 aliphatic carbocycles. The van der Waals surface area contributed by atoms with Gasteiger partial charge in [-0.25, -0.2) is 0 Å². The fourth-order valence-electron chi connectivity index (χ4n) is 2.70. The van der Waals surface area contributed by atoms with E-state index in [9.17, 15) is 0 Å². The third-order valence-electron chi connectivity index (χ3n) is 4.29. The van der Waals surface area contributed by atoms with E-state index < -0.39 is 0 Å². The van der Waals surface area contributed by atoms with Gasteiger partial charge in [0.1, 0.15) is 0 Å². The second-order valence-corrected chi connectivity index (χ2v) is 7.37. The van der Waals surface area contributed by atoms with Gasteiger partial charge in [-0.3, -0.25) is 4.99 Å². The maximum absolute atomic E-state index is 6.07. The molecule has 3 rings (SSSR count). The molecule has 0 amide bonds. The van der Waals surface area contributed by atoms with Crippen molar-refractivity contribution in [2.45, 2.75) is 25.7 Å². The van der Waals surface area contributed by atoms with E-state index in [0.29, 0.717) is 25.7 Å². The SMILES string of the molecule is CC(C)(CN=C(N)Nc1ccc2c(c1)OCCCO2)c1ccc(Cl)cc1.I. The van der Waals surface area contributed by atoms with E-state index >= 15 is 0 Å². The first kappa shape index (κ1) is 21.6. The standard InChI is InChI=1S/C20H24ClN3O2.HI/c1-20(2,14-4-6-15(21)7-5-14)13-23-19(22)24-16-8-9-17-18(12-16)26-11-3-10-25-17;/h4-9,12H,3,10-11,13H2,1-2H3,(H3,22,23,24);1H. The number of rotatable bonds is 4. The molecule has 3 N–H and O–H groups in total. The van der Waals surface area contributed by atoms with E-state index in [4.69, 9.17) is 26.8 Å². The highest BCUT2D eigenvalue weighted by Gasteiger charge is 2.20. The molecule has 2 aromatic carbocycles. The Labute approximate surface area is 182 Å². The molecular weight excluding hydrogens is 477 g/mol. The highest BCUT2D eigenvalue weighted by atomic mass is 127. The molecular formula is C20H25ClIN3O2. The topological polar surface area (TPSA) is 68.9 Å². The lowest BCUT2D eigenvalue weighted by molar-refractivity contribution is 0.297. The van der Waals surface area contributed by atoms with Crippen molar-refractivity contribution >= 4 is 47.2 Å². The van der Waals surface area contributed by atoms with Crippen LogP contribution in [0.5, 0.6) is 11.5 Å². The molecule has 1 aliphatic rings. The molecule has 0 fully saturated rings. The van der Waals surface area contributed by atoms with Crippen LogP contribution in [0.25, 0.3) is 0 Å². The van der Waals surface area contributed by atoms with E-state index in [2.05, 4.69) is 24.2 Å². The first-order valence-electron chi connectivity index (χ1n) is 8.67. The molecule has 146 valence electrons. The highest BCUT2D eigenvalue weighted by molar-refractivity contribution is 14.0. The fourth-order valence-corrected chi connectivity index (χ4v) is 2.83. The van der Waals surface area contributed by atoms with Crippen molar-refractivity contribution in [3.63, 3.8) is 0 Å². The summed E-state index contributed by atoms with van der Waals surface area (Å²) in [4.78, 5) is 4.50. The first-order chi connectivity index (χ1) is 12.4. The van der Waals surface area contributed by atoms with Crippen molar-refractivity contribution in [2.24, 2.45) is 10.7 Å². The summed E-state index contributed by atoms with van der Waals surface area (Å²) in [7, 11) is 0. The van der Waals surface area contributed by atoms with Crippen molar-refractivity contribution in [3.05, 3.63) is 53.1 Å². The zero-order chi connectivity index (χ0) is 18.6. The van der Waals surface area contributed by atoms with E-state index in [0.717, 1.165) is 34.2 Å². The van der Waals surface area contributed by atoms with Gasteiger partial charge in [-0.15, -0.1) is 24.0 Å². The Morgan fingerprint density at radius 3 is 2.48 bits per heavy atom. The van der Waals surface area contributed by atoms with Gasteiger partial charge in [-0.1, -0.05) is 37.6 Å². The molecule has 2 aromatic rings. The van der Waals surface area contributed by atoms with Gasteiger partial charge >= 0.3 is 0 Å². The van der Waals surface area contributed by atoms with Gasteiger partial charge in [-0.05, 0) is 29.8 Å². The predicted octanol–water partition coefficient (Wildman–Crippen LogP) is 4.82. The number of anilines is 1. The Hall–Kier alpha value is -1.67. The Balaban J connectivity index is 0.00000261. The molecule has 0 saturated heterocycles. The van der Waals surface area contributed by atoms with Gasteiger partial charge in [0, 0.05) is 28.6 Å². The summed E-state index contributed by atoms with van der Waals surface area (Å²) in [6.45, 7) is 6.12. The number of ether oxygens (including phenoxy) is 2. The normalized spacial score (nSPS) is 14.1. The maximum Gasteiger partial charge on any atom is 0.193 e. The molecule has 0 saturated carbocycles. The van der Waals surface area contributed by atoms with Crippen LogP contribution in [0.4, 0.5) is 5.69 Å². The van der Waals surface area contributed by atoms with E-state index in [1.165, 1.54) is 0 Å². The molecule has 0 bridgehead atoms. The van der Waals surface area contributed by atoms with Gasteiger partial charge in [-0.2, -0.15) is 0 Å². The first-order valence-corrected chi connectivity index (χ1v) is 9.04. The second-order valence-electron chi connectivity index (χ2n) is 6.93. The maximum atomic E-state index is 6.07. The Morgan fingerprint density at radius 1 is 1.11 bits per heavy atom. The molecule has 27 heavy (non-hydrogen) atoms. The van der Waals surface area contributed by atoms with Gasteiger partial charge in [0.2, 0.25) is 0 Å². The van der Waals surface area contributed by atoms with Crippen LogP contribution in [0.3, 0.4) is 0 Å². The van der Waals surface area contributed by atoms with Gasteiger partial charge in [0.05, 0.1) is 19.8 Å². The van der Waals surface area contributed by atoms with Crippen LogP contribution < -0.4 is 20.5 Å². The average molecular weight is 502 g/mol. The van der Waals surface area contributed by atoms with Crippen LogP contribution in [-0.2, 0) is 5.41 Å². The molecule has 1 aliphatic heterocycles. The van der Waals surface area contributed by atoms with Crippen LogP contribution in [0.15, 0.2) is 47.5 Å². The average Bonchev–Trinajstić information content (AvgIpc) is 2.85. The van der Waals surface area contributed by atoms with Crippen LogP contribution in [-0.4, -0.2) is 25.7 Å². The molecule has 0 unspecified atom stereocenters. The monoisotopic (exact) mass is 501 g/mol. The van der Waals surface area contributed by atoms with E-state index in [1.54, 1.807) is 0 Å². The number of nitrogens with two attached hydrogens (primary N) is 1. The summed E-state index contributed by atoms with van der Waals surface area (Å²) in [5.41, 5.74) is 7.90. The van der Waals surface area contributed by atoms with E-state index in [-0.39, 0.29) is 29.4 Å². The Bertz CT molecular complexity index is 794. The van der Waals surface area contributed by atoms with Gasteiger partial charge < -0.3 is 20.5 Å². The quantitative estimate of drug-likeness (QED) is 0.358. The summed E-state index contributed by atoms with van der Waals surface area (Å²) in [5, 5.41) is 3.84. The zero-order valence-corrected chi connectivity index (χ0v) is 18.6. The highest BCUT2D eigenvalue weighted by Crippen LogP contribution is 2.32. The number of nitrogens with zero attached hydrogens (tertiary/aromatic N) is 1. The lowest BCUT2D eigenvalue weighted by Gasteiger charge is -2.23. The third kappa shape index (κ3) is 5.90. The zero-order valence-electron chi connectivity index (χ0n) is 15.5. The van der Waals surface area contributed by atoms with Gasteiger partial charge in [0.15, 0.2) is 17.5 Å². The minimum atomic E-state index is -0.151. The van der Waals surface area contributed by atoms with Crippen molar-refractivity contribution in [2.75, 3.05) is 25.1 Å².